The number of likely N-dealkylation sites (N-methyl/N-ethyl adjacent to an activating group) is 1. The molecule has 1 aliphatic heterocycles. The summed E-state index contributed by atoms with van der Waals surface area (Å²) in [5.41, 5.74) is 2.15. The third kappa shape index (κ3) is 3.07. The van der Waals surface area contributed by atoms with Gasteiger partial charge in [-0.3, -0.25) is 0 Å². The average Bonchev–Trinajstić information content (AvgIpc) is 2.96. The number of piperidine rings is 1. The van der Waals surface area contributed by atoms with Gasteiger partial charge in [0.25, 0.3) is 0 Å². The van der Waals surface area contributed by atoms with Crippen LogP contribution in [0, 0.1) is 5.41 Å². The van der Waals surface area contributed by atoms with Crippen LogP contribution in [0.4, 0.5) is 0 Å². The Morgan fingerprint density at radius 2 is 1.70 bits per heavy atom. The van der Waals surface area contributed by atoms with Crippen molar-refractivity contribution in [2.24, 2.45) is 5.41 Å². The van der Waals surface area contributed by atoms with Gasteiger partial charge in [0.05, 0.1) is 0 Å². The van der Waals surface area contributed by atoms with E-state index < -0.39 is 0 Å². The van der Waals surface area contributed by atoms with Gasteiger partial charge in [-0.15, -0.1) is 0 Å². The minimum absolute atomic E-state index is 0.467. The lowest BCUT2D eigenvalue weighted by molar-refractivity contribution is 0.101. The van der Waals surface area contributed by atoms with Gasteiger partial charge in [0.2, 0.25) is 0 Å². The molecule has 20 heavy (non-hydrogen) atoms. The van der Waals surface area contributed by atoms with Crippen LogP contribution in [0.5, 0.6) is 0 Å². The SMILES string of the molecule is CNC(CN1CCC2(CCCC2)CC1)c1ccccc1. The summed E-state index contributed by atoms with van der Waals surface area (Å²) in [5.74, 6) is 0. The Bertz CT molecular complexity index is 399. The molecule has 1 aromatic rings. The molecule has 0 bridgehead atoms. The number of rotatable bonds is 4. The van der Waals surface area contributed by atoms with E-state index in [9.17, 15) is 0 Å². The largest absolute Gasteiger partial charge is 0.312 e. The van der Waals surface area contributed by atoms with Crippen molar-refractivity contribution in [3.63, 3.8) is 0 Å². The fraction of sp³-hybridized carbons (Fsp3) is 0.667. The monoisotopic (exact) mass is 272 g/mol. The van der Waals surface area contributed by atoms with Gasteiger partial charge in [0, 0.05) is 12.6 Å². The first-order valence-corrected chi connectivity index (χ1v) is 8.26. The zero-order valence-corrected chi connectivity index (χ0v) is 12.8. The number of hydrogen-bond acceptors (Lipinski definition) is 2. The average molecular weight is 272 g/mol. The summed E-state index contributed by atoms with van der Waals surface area (Å²) < 4.78 is 0. The van der Waals surface area contributed by atoms with E-state index in [-0.39, 0.29) is 0 Å². The molecule has 0 amide bonds. The molecule has 1 heterocycles. The van der Waals surface area contributed by atoms with Crippen LogP contribution in [0.15, 0.2) is 30.3 Å². The Labute approximate surface area is 123 Å². The Morgan fingerprint density at radius 1 is 1.05 bits per heavy atom. The van der Waals surface area contributed by atoms with Gasteiger partial charge in [-0.25, -0.2) is 0 Å². The lowest BCUT2D eigenvalue weighted by Crippen LogP contribution is -2.42. The Balaban J connectivity index is 1.55. The molecule has 3 rings (SSSR count). The number of hydrogen-bond donors (Lipinski definition) is 1. The van der Waals surface area contributed by atoms with Crippen LogP contribution in [0.25, 0.3) is 0 Å². The highest BCUT2D eigenvalue weighted by Crippen LogP contribution is 2.46. The van der Waals surface area contributed by atoms with Crippen molar-refractivity contribution in [2.75, 3.05) is 26.7 Å². The standard InChI is InChI=1S/C18H28N2/c1-19-17(16-7-3-2-4-8-16)15-20-13-11-18(12-14-20)9-5-6-10-18/h2-4,7-8,17,19H,5-6,9-15H2,1H3. The molecule has 1 spiro atoms. The summed E-state index contributed by atoms with van der Waals surface area (Å²) >= 11 is 0. The topological polar surface area (TPSA) is 15.3 Å². The van der Waals surface area contributed by atoms with Gasteiger partial charge < -0.3 is 10.2 Å². The van der Waals surface area contributed by atoms with Crippen molar-refractivity contribution in [2.45, 2.75) is 44.6 Å². The molecule has 1 N–H and O–H groups in total. The van der Waals surface area contributed by atoms with Crippen molar-refractivity contribution >= 4 is 0 Å². The fourth-order valence-electron chi connectivity index (χ4n) is 4.14. The maximum Gasteiger partial charge on any atom is 0.0446 e. The smallest absolute Gasteiger partial charge is 0.0446 e. The van der Waals surface area contributed by atoms with Gasteiger partial charge in [0.15, 0.2) is 0 Å². The summed E-state index contributed by atoms with van der Waals surface area (Å²) in [6.45, 7) is 3.74. The van der Waals surface area contributed by atoms with Gasteiger partial charge in [-0.05, 0) is 56.8 Å². The predicted molar refractivity (Wildman–Crippen MR) is 84.8 cm³/mol. The third-order valence-electron chi connectivity index (χ3n) is 5.57. The molecule has 1 aliphatic carbocycles. The van der Waals surface area contributed by atoms with E-state index in [0.717, 1.165) is 12.0 Å². The molecule has 1 saturated heterocycles. The minimum Gasteiger partial charge on any atom is -0.312 e. The maximum absolute atomic E-state index is 3.49. The van der Waals surface area contributed by atoms with Crippen LogP contribution in [-0.4, -0.2) is 31.6 Å². The maximum atomic E-state index is 3.49. The molecule has 1 unspecified atom stereocenters. The second-order valence-electron chi connectivity index (χ2n) is 6.76. The highest BCUT2D eigenvalue weighted by atomic mass is 15.2. The number of benzene rings is 1. The van der Waals surface area contributed by atoms with Crippen LogP contribution < -0.4 is 5.32 Å². The lowest BCUT2D eigenvalue weighted by Gasteiger charge is -2.40. The Hall–Kier alpha value is -0.860. The highest BCUT2D eigenvalue weighted by molar-refractivity contribution is 5.19. The van der Waals surface area contributed by atoms with E-state index in [1.807, 2.05) is 0 Å². The molecule has 110 valence electrons. The van der Waals surface area contributed by atoms with E-state index in [1.54, 1.807) is 0 Å². The van der Waals surface area contributed by atoms with Gasteiger partial charge >= 0.3 is 0 Å². The molecule has 0 radical (unpaired) electrons. The van der Waals surface area contributed by atoms with E-state index in [0.29, 0.717) is 6.04 Å². The summed E-state index contributed by atoms with van der Waals surface area (Å²) in [7, 11) is 2.08. The first-order chi connectivity index (χ1) is 9.81. The predicted octanol–water partition coefficient (Wildman–Crippen LogP) is 3.60. The second-order valence-corrected chi connectivity index (χ2v) is 6.76. The van der Waals surface area contributed by atoms with Gasteiger partial charge in [0.1, 0.15) is 0 Å². The van der Waals surface area contributed by atoms with Crippen molar-refractivity contribution in [3.05, 3.63) is 35.9 Å². The van der Waals surface area contributed by atoms with E-state index in [1.165, 1.54) is 57.2 Å². The van der Waals surface area contributed by atoms with Crippen molar-refractivity contribution in [3.8, 4) is 0 Å². The normalized spacial score (nSPS) is 24.1. The molecule has 2 aliphatic rings. The van der Waals surface area contributed by atoms with Crippen LogP contribution in [0.1, 0.15) is 50.1 Å². The van der Waals surface area contributed by atoms with E-state index in [2.05, 4.69) is 47.6 Å². The molecule has 2 heteroatoms. The first-order valence-electron chi connectivity index (χ1n) is 8.26. The highest BCUT2D eigenvalue weighted by Gasteiger charge is 2.37. The van der Waals surface area contributed by atoms with Crippen LogP contribution in [0.3, 0.4) is 0 Å². The van der Waals surface area contributed by atoms with Crippen molar-refractivity contribution < 1.29 is 0 Å². The van der Waals surface area contributed by atoms with Crippen LogP contribution >= 0.6 is 0 Å². The summed E-state index contributed by atoms with van der Waals surface area (Å²) in [6, 6.07) is 11.3. The minimum atomic E-state index is 0.467. The van der Waals surface area contributed by atoms with Crippen molar-refractivity contribution in [1.82, 2.24) is 10.2 Å². The molecule has 1 atom stereocenters. The first kappa shape index (κ1) is 14.1. The molecule has 0 aromatic heterocycles. The summed E-state index contributed by atoms with van der Waals surface area (Å²) in [5, 5.41) is 3.49. The lowest BCUT2D eigenvalue weighted by atomic mass is 9.77. The van der Waals surface area contributed by atoms with Crippen molar-refractivity contribution in [1.29, 1.82) is 0 Å². The molecule has 2 fully saturated rings. The Morgan fingerprint density at radius 3 is 2.30 bits per heavy atom. The zero-order chi connectivity index (χ0) is 13.8. The molecule has 1 aromatic carbocycles. The molecular formula is C18H28N2. The summed E-state index contributed by atoms with van der Waals surface area (Å²) in [4.78, 5) is 2.66. The Kier molecular flexibility index (Phi) is 4.42. The fourth-order valence-corrected chi connectivity index (χ4v) is 4.14. The molecule has 2 nitrogen and oxygen atoms in total. The molecular weight excluding hydrogens is 244 g/mol. The van der Waals surface area contributed by atoms with E-state index >= 15 is 0 Å². The second kappa shape index (κ2) is 6.28. The van der Waals surface area contributed by atoms with Gasteiger partial charge in [-0.1, -0.05) is 43.2 Å². The van der Waals surface area contributed by atoms with E-state index in [4.69, 9.17) is 0 Å². The quantitative estimate of drug-likeness (QED) is 0.901. The van der Waals surface area contributed by atoms with Crippen LogP contribution in [-0.2, 0) is 0 Å². The molecule has 1 saturated carbocycles. The summed E-state index contributed by atoms with van der Waals surface area (Å²) in [6.07, 6.45) is 8.80. The van der Waals surface area contributed by atoms with Crippen LogP contribution in [0.2, 0.25) is 0 Å². The number of nitrogens with one attached hydrogen (secondary N) is 1. The third-order valence-corrected chi connectivity index (χ3v) is 5.57. The number of likely N-dealkylation sites (tertiary alicyclic amines) is 1. The number of nitrogens with zero attached hydrogens (tertiary/aromatic N) is 1. The van der Waals surface area contributed by atoms with Gasteiger partial charge in [-0.2, -0.15) is 0 Å². The zero-order valence-electron chi connectivity index (χ0n) is 12.8.